The van der Waals surface area contributed by atoms with Crippen LogP contribution in [0, 0.1) is 0 Å². The summed E-state index contributed by atoms with van der Waals surface area (Å²) >= 11 is 0. The van der Waals surface area contributed by atoms with E-state index in [9.17, 15) is 4.79 Å². The van der Waals surface area contributed by atoms with E-state index in [0.717, 1.165) is 30.7 Å². The fourth-order valence-corrected chi connectivity index (χ4v) is 3.10. The highest BCUT2D eigenvalue weighted by atomic mass is 16.5. The lowest BCUT2D eigenvalue weighted by molar-refractivity contribution is 0.184. The summed E-state index contributed by atoms with van der Waals surface area (Å²) < 4.78 is 6.98. The molecule has 0 saturated carbocycles. The molecule has 0 amide bonds. The van der Waals surface area contributed by atoms with E-state index in [0.29, 0.717) is 18.5 Å². The van der Waals surface area contributed by atoms with Crippen LogP contribution in [-0.4, -0.2) is 29.8 Å². The quantitative estimate of drug-likeness (QED) is 0.632. The smallest absolute Gasteiger partial charge is 0.261 e. The number of aromatic nitrogens is 2. The summed E-state index contributed by atoms with van der Waals surface area (Å²) in [6.07, 6.45) is 5.79. The second kappa shape index (κ2) is 10.3. The predicted molar refractivity (Wildman–Crippen MR) is 103 cm³/mol. The van der Waals surface area contributed by atoms with Crippen molar-refractivity contribution in [2.45, 2.75) is 58.5 Å². The summed E-state index contributed by atoms with van der Waals surface area (Å²) in [7, 11) is 1.66. The lowest BCUT2D eigenvalue weighted by Crippen LogP contribution is -2.33. The van der Waals surface area contributed by atoms with E-state index in [-0.39, 0.29) is 11.6 Å². The van der Waals surface area contributed by atoms with Gasteiger partial charge in [0.1, 0.15) is 5.82 Å². The Morgan fingerprint density at radius 2 is 2.00 bits per heavy atom. The number of nitrogens with one attached hydrogen (secondary N) is 1. The third-order valence-corrected chi connectivity index (χ3v) is 4.55. The SMILES string of the molecule is CCCCCCNC(CC)c1nc2ccccc2c(=O)n1CCOC. The summed E-state index contributed by atoms with van der Waals surface area (Å²) in [6, 6.07) is 7.65. The molecule has 1 heterocycles. The first-order chi connectivity index (χ1) is 12.2. The zero-order valence-electron chi connectivity index (χ0n) is 15.8. The normalized spacial score (nSPS) is 12.6. The first-order valence-electron chi connectivity index (χ1n) is 9.44. The third kappa shape index (κ3) is 5.13. The highest BCUT2D eigenvalue weighted by molar-refractivity contribution is 5.77. The number of benzene rings is 1. The molecule has 1 aromatic carbocycles. The number of ether oxygens (including phenoxy) is 1. The molecule has 5 heteroatoms. The lowest BCUT2D eigenvalue weighted by atomic mass is 10.1. The number of nitrogens with zero attached hydrogens (tertiary/aromatic N) is 2. The molecule has 25 heavy (non-hydrogen) atoms. The molecule has 5 nitrogen and oxygen atoms in total. The van der Waals surface area contributed by atoms with Crippen molar-refractivity contribution in [2.24, 2.45) is 0 Å². The first-order valence-corrected chi connectivity index (χ1v) is 9.44. The number of para-hydroxylation sites is 1. The minimum Gasteiger partial charge on any atom is -0.383 e. The van der Waals surface area contributed by atoms with E-state index in [4.69, 9.17) is 9.72 Å². The van der Waals surface area contributed by atoms with Crippen LogP contribution in [-0.2, 0) is 11.3 Å². The van der Waals surface area contributed by atoms with Crippen LogP contribution in [0.5, 0.6) is 0 Å². The van der Waals surface area contributed by atoms with Crippen molar-refractivity contribution >= 4 is 10.9 Å². The molecular formula is C20H31N3O2. The van der Waals surface area contributed by atoms with Crippen LogP contribution in [0.1, 0.15) is 57.8 Å². The molecule has 1 aromatic heterocycles. The van der Waals surface area contributed by atoms with Gasteiger partial charge in [-0.2, -0.15) is 0 Å². The van der Waals surface area contributed by atoms with Crippen molar-refractivity contribution < 1.29 is 4.74 Å². The predicted octanol–water partition coefficient (Wildman–Crippen LogP) is 3.66. The summed E-state index contributed by atoms with van der Waals surface area (Å²) in [5.74, 6) is 0.818. The molecule has 1 N–H and O–H groups in total. The summed E-state index contributed by atoms with van der Waals surface area (Å²) in [4.78, 5) is 17.8. The van der Waals surface area contributed by atoms with Crippen molar-refractivity contribution in [3.63, 3.8) is 0 Å². The molecule has 2 aromatic rings. The highest BCUT2D eigenvalue weighted by Gasteiger charge is 2.18. The molecule has 0 spiro atoms. The minimum absolute atomic E-state index is 0.0175. The minimum atomic E-state index is 0.0175. The Hall–Kier alpha value is -1.72. The van der Waals surface area contributed by atoms with Crippen LogP contribution < -0.4 is 10.9 Å². The average Bonchev–Trinajstić information content (AvgIpc) is 2.64. The zero-order valence-corrected chi connectivity index (χ0v) is 15.8. The maximum Gasteiger partial charge on any atom is 0.261 e. The van der Waals surface area contributed by atoms with Gasteiger partial charge in [0.05, 0.1) is 30.1 Å². The number of unbranched alkanes of at least 4 members (excludes halogenated alkanes) is 3. The van der Waals surface area contributed by atoms with Crippen molar-refractivity contribution in [2.75, 3.05) is 20.3 Å². The highest BCUT2D eigenvalue weighted by Crippen LogP contribution is 2.17. The van der Waals surface area contributed by atoms with Crippen molar-refractivity contribution in [3.8, 4) is 0 Å². The van der Waals surface area contributed by atoms with Crippen LogP contribution in [0.2, 0.25) is 0 Å². The molecule has 0 saturated heterocycles. The molecule has 1 unspecified atom stereocenters. The Bertz CT molecular complexity index is 712. The van der Waals surface area contributed by atoms with Crippen LogP contribution in [0.3, 0.4) is 0 Å². The molecule has 1 atom stereocenters. The molecule has 2 rings (SSSR count). The molecule has 0 aliphatic rings. The van der Waals surface area contributed by atoms with Gasteiger partial charge in [0.2, 0.25) is 0 Å². The van der Waals surface area contributed by atoms with Crippen molar-refractivity contribution in [3.05, 3.63) is 40.4 Å². The Labute approximate surface area is 150 Å². The van der Waals surface area contributed by atoms with Crippen LogP contribution >= 0.6 is 0 Å². The van der Waals surface area contributed by atoms with Crippen LogP contribution in [0.15, 0.2) is 29.1 Å². The standard InChI is InChI=1S/C20H31N3O2/c1-4-6-7-10-13-21-17(5-2)19-22-18-12-9-8-11-16(18)20(24)23(19)14-15-25-3/h8-9,11-12,17,21H,4-7,10,13-15H2,1-3H3. The molecule has 138 valence electrons. The molecule has 0 aliphatic heterocycles. The molecule has 0 fully saturated rings. The number of fused-ring (bicyclic) bond motifs is 1. The first kappa shape index (κ1) is 19.6. The maximum atomic E-state index is 12.9. The van der Waals surface area contributed by atoms with Gasteiger partial charge in [-0.1, -0.05) is 45.2 Å². The molecule has 0 aliphatic carbocycles. The van der Waals surface area contributed by atoms with Gasteiger partial charge in [0, 0.05) is 7.11 Å². The van der Waals surface area contributed by atoms with Crippen LogP contribution in [0.4, 0.5) is 0 Å². The third-order valence-electron chi connectivity index (χ3n) is 4.55. The Morgan fingerprint density at radius 1 is 1.20 bits per heavy atom. The zero-order chi connectivity index (χ0) is 18.1. The van der Waals surface area contributed by atoms with E-state index in [1.54, 1.807) is 11.7 Å². The number of hydrogen-bond donors (Lipinski definition) is 1. The maximum absolute atomic E-state index is 12.9. The lowest BCUT2D eigenvalue weighted by Gasteiger charge is -2.21. The summed E-state index contributed by atoms with van der Waals surface area (Å²) in [5, 5.41) is 4.26. The second-order valence-corrected chi connectivity index (χ2v) is 6.41. The van der Waals surface area contributed by atoms with Gasteiger partial charge in [0.15, 0.2) is 0 Å². The van der Waals surface area contributed by atoms with E-state index < -0.39 is 0 Å². The molecule has 0 radical (unpaired) electrons. The van der Waals surface area contributed by atoms with Gasteiger partial charge < -0.3 is 10.1 Å². The summed E-state index contributed by atoms with van der Waals surface area (Å²) in [6.45, 7) is 6.32. The monoisotopic (exact) mass is 345 g/mol. The molecular weight excluding hydrogens is 314 g/mol. The number of rotatable bonds is 11. The van der Waals surface area contributed by atoms with Gasteiger partial charge >= 0.3 is 0 Å². The number of hydrogen-bond acceptors (Lipinski definition) is 4. The van der Waals surface area contributed by atoms with Crippen LogP contribution in [0.25, 0.3) is 10.9 Å². The fraction of sp³-hybridized carbons (Fsp3) is 0.600. The van der Waals surface area contributed by atoms with Gasteiger partial charge in [-0.3, -0.25) is 9.36 Å². The Kier molecular flexibility index (Phi) is 8.09. The van der Waals surface area contributed by atoms with Crippen molar-refractivity contribution in [1.29, 1.82) is 0 Å². The summed E-state index contributed by atoms with van der Waals surface area (Å²) in [5.41, 5.74) is 0.784. The number of methoxy groups -OCH3 is 1. The average molecular weight is 345 g/mol. The van der Waals surface area contributed by atoms with Gasteiger partial charge in [-0.05, 0) is 31.5 Å². The Balaban J connectivity index is 2.30. The largest absolute Gasteiger partial charge is 0.383 e. The second-order valence-electron chi connectivity index (χ2n) is 6.41. The fourth-order valence-electron chi connectivity index (χ4n) is 3.10. The topological polar surface area (TPSA) is 56.2 Å². The van der Waals surface area contributed by atoms with Gasteiger partial charge in [0.25, 0.3) is 5.56 Å². The van der Waals surface area contributed by atoms with Crippen molar-refractivity contribution in [1.82, 2.24) is 14.9 Å². The molecule has 0 bridgehead atoms. The Morgan fingerprint density at radius 3 is 2.72 bits per heavy atom. The van der Waals surface area contributed by atoms with E-state index in [1.165, 1.54) is 19.3 Å². The van der Waals surface area contributed by atoms with Gasteiger partial charge in [-0.25, -0.2) is 4.98 Å². The van der Waals surface area contributed by atoms with E-state index in [1.807, 2.05) is 24.3 Å². The van der Waals surface area contributed by atoms with E-state index >= 15 is 0 Å². The van der Waals surface area contributed by atoms with Gasteiger partial charge in [-0.15, -0.1) is 0 Å². The van der Waals surface area contributed by atoms with E-state index in [2.05, 4.69) is 19.2 Å².